The van der Waals surface area contributed by atoms with Crippen molar-refractivity contribution in [3.63, 3.8) is 0 Å². The van der Waals surface area contributed by atoms with Crippen molar-refractivity contribution < 1.29 is 13.3 Å². The highest BCUT2D eigenvalue weighted by Gasteiger charge is 2.18. The second-order valence-electron chi connectivity index (χ2n) is 4.16. The molecule has 0 heterocycles. The lowest BCUT2D eigenvalue weighted by molar-refractivity contribution is -0.890. The molecule has 0 aliphatic heterocycles. The Labute approximate surface area is 97.3 Å². The highest BCUT2D eigenvalue weighted by molar-refractivity contribution is 7.88. The topological polar surface area (TPSA) is 50.6 Å². The normalized spacial score (nSPS) is 14.0. The molecule has 16 heavy (non-hydrogen) atoms. The summed E-state index contributed by atoms with van der Waals surface area (Å²) in [6, 6.07) is 10.0. The van der Waals surface area contributed by atoms with Gasteiger partial charge >= 0.3 is 0 Å². The number of likely N-dealkylation sites (N-methyl/N-ethyl adjacent to an activating group) is 1. The number of rotatable bonds is 5. The quantitative estimate of drug-likeness (QED) is 0.727. The van der Waals surface area contributed by atoms with Crippen molar-refractivity contribution >= 4 is 10.0 Å². The predicted molar refractivity (Wildman–Crippen MR) is 64.8 cm³/mol. The third-order valence-corrected chi connectivity index (χ3v) is 3.14. The summed E-state index contributed by atoms with van der Waals surface area (Å²) in [5.41, 5.74) is 1.14. The maximum Gasteiger partial charge on any atom is 0.208 e. The molecule has 1 atom stereocenters. The molecule has 0 aliphatic rings. The molecule has 0 aromatic heterocycles. The lowest BCUT2D eigenvalue weighted by Crippen LogP contribution is -3.07. The maximum absolute atomic E-state index is 11.1. The highest BCUT2D eigenvalue weighted by atomic mass is 32.2. The van der Waals surface area contributed by atoms with Crippen LogP contribution in [0.1, 0.15) is 11.6 Å². The van der Waals surface area contributed by atoms with E-state index in [2.05, 4.69) is 4.72 Å². The van der Waals surface area contributed by atoms with Gasteiger partial charge in [-0.2, -0.15) is 0 Å². The van der Waals surface area contributed by atoms with Crippen LogP contribution in [-0.2, 0) is 10.0 Å². The van der Waals surface area contributed by atoms with Crippen LogP contribution in [0.3, 0.4) is 0 Å². The van der Waals surface area contributed by atoms with E-state index in [1.54, 1.807) is 0 Å². The molecule has 0 spiro atoms. The molecule has 4 nitrogen and oxygen atoms in total. The van der Waals surface area contributed by atoms with Crippen molar-refractivity contribution in [1.29, 1.82) is 0 Å². The number of benzene rings is 1. The van der Waals surface area contributed by atoms with E-state index >= 15 is 0 Å². The van der Waals surface area contributed by atoms with Crippen LogP contribution >= 0.6 is 0 Å². The summed E-state index contributed by atoms with van der Waals surface area (Å²) in [6.45, 7) is 0.422. The van der Waals surface area contributed by atoms with Crippen molar-refractivity contribution in [1.82, 2.24) is 4.72 Å². The molecule has 1 aromatic rings. The molecule has 0 unspecified atom stereocenters. The SMILES string of the molecule is C[NH+](C)[C@@H](CNS(C)(=O)=O)c1ccccc1. The van der Waals surface area contributed by atoms with E-state index in [1.807, 2.05) is 44.4 Å². The molecule has 0 saturated carbocycles. The van der Waals surface area contributed by atoms with Gasteiger partial charge in [-0.25, -0.2) is 13.1 Å². The van der Waals surface area contributed by atoms with E-state index in [-0.39, 0.29) is 6.04 Å². The van der Waals surface area contributed by atoms with E-state index in [9.17, 15) is 8.42 Å². The van der Waals surface area contributed by atoms with Gasteiger partial charge in [-0.05, 0) is 0 Å². The monoisotopic (exact) mass is 243 g/mol. The van der Waals surface area contributed by atoms with Crippen LogP contribution in [0.25, 0.3) is 0 Å². The predicted octanol–water partition coefficient (Wildman–Crippen LogP) is -0.579. The van der Waals surface area contributed by atoms with E-state index in [0.717, 1.165) is 5.56 Å². The minimum Gasteiger partial charge on any atom is -0.333 e. The molecule has 0 fully saturated rings. The molecule has 0 radical (unpaired) electrons. The number of hydrogen-bond donors (Lipinski definition) is 2. The summed E-state index contributed by atoms with van der Waals surface area (Å²) in [6.07, 6.45) is 1.18. The van der Waals surface area contributed by atoms with Gasteiger partial charge in [-0.1, -0.05) is 30.3 Å². The van der Waals surface area contributed by atoms with E-state index in [1.165, 1.54) is 11.2 Å². The fourth-order valence-corrected chi connectivity index (χ4v) is 2.04. The van der Waals surface area contributed by atoms with Crippen LogP contribution in [0.15, 0.2) is 30.3 Å². The Morgan fingerprint density at radius 1 is 1.25 bits per heavy atom. The number of hydrogen-bond acceptors (Lipinski definition) is 2. The van der Waals surface area contributed by atoms with E-state index in [4.69, 9.17) is 0 Å². The first-order chi connectivity index (χ1) is 7.40. The van der Waals surface area contributed by atoms with Gasteiger partial charge in [0, 0.05) is 5.56 Å². The Bertz CT molecular complexity index is 415. The van der Waals surface area contributed by atoms with Crippen LogP contribution in [-0.4, -0.2) is 35.3 Å². The average molecular weight is 243 g/mol. The van der Waals surface area contributed by atoms with Crippen molar-refractivity contribution in [2.75, 3.05) is 26.9 Å². The number of nitrogens with one attached hydrogen (secondary N) is 2. The minimum absolute atomic E-state index is 0.135. The van der Waals surface area contributed by atoms with Gasteiger partial charge in [0.15, 0.2) is 0 Å². The summed E-state index contributed by atoms with van der Waals surface area (Å²) < 4.78 is 24.7. The fraction of sp³-hybridized carbons (Fsp3) is 0.455. The van der Waals surface area contributed by atoms with Crippen molar-refractivity contribution in [2.24, 2.45) is 0 Å². The fourth-order valence-electron chi connectivity index (χ4n) is 1.58. The summed E-state index contributed by atoms with van der Waals surface area (Å²) in [5, 5.41) is 0. The van der Waals surface area contributed by atoms with Crippen LogP contribution in [0.5, 0.6) is 0 Å². The van der Waals surface area contributed by atoms with Gasteiger partial charge in [0.25, 0.3) is 0 Å². The summed E-state index contributed by atoms with van der Waals surface area (Å²) in [7, 11) is 0.907. The Morgan fingerprint density at radius 2 is 1.81 bits per heavy atom. The maximum atomic E-state index is 11.1. The summed E-state index contributed by atoms with van der Waals surface area (Å²) >= 11 is 0. The molecular weight excluding hydrogens is 224 g/mol. The average Bonchev–Trinajstić information content (AvgIpc) is 2.17. The van der Waals surface area contributed by atoms with Gasteiger partial charge in [0.05, 0.1) is 26.9 Å². The number of sulfonamides is 1. The first kappa shape index (κ1) is 13.2. The molecular formula is C11H19N2O2S+. The molecule has 2 N–H and O–H groups in total. The van der Waals surface area contributed by atoms with Crippen molar-refractivity contribution in [2.45, 2.75) is 6.04 Å². The first-order valence-corrected chi connectivity index (χ1v) is 7.09. The van der Waals surface area contributed by atoms with Gasteiger partial charge in [-0.15, -0.1) is 0 Å². The summed E-state index contributed by atoms with van der Waals surface area (Å²) in [4.78, 5) is 1.20. The Hall–Kier alpha value is -0.910. The van der Waals surface area contributed by atoms with Crippen molar-refractivity contribution in [3.05, 3.63) is 35.9 Å². The third kappa shape index (κ3) is 4.30. The second kappa shape index (κ2) is 5.43. The largest absolute Gasteiger partial charge is 0.333 e. The molecule has 1 rings (SSSR count). The lowest BCUT2D eigenvalue weighted by Gasteiger charge is -2.21. The molecule has 5 heteroatoms. The molecule has 0 bridgehead atoms. The zero-order valence-corrected chi connectivity index (χ0v) is 10.7. The van der Waals surface area contributed by atoms with Gasteiger partial charge in [-0.3, -0.25) is 0 Å². The van der Waals surface area contributed by atoms with Crippen LogP contribution in [0.4, 0.5) is 0 Å². The lowest BCUT2D eigenvalue weighted by atomic mass is 10.1. The molecule has 1 aromatic carbocycles. The minimum atomic E-state index is -3.12. The zero-order valence-electron chi connectivity index (χ0n) is 9.90. The molecule has 0 amide bonds. The van der Waals surface area contributed by atoms with Crippen LogP contribution in [0, 0.1) is 0 Å². The molecule has 0 saturated heterocycles. The van der Waals surface area contributed by atoms with Gasteiger partial charge in [0.1, 0.15) is 6.04 Å². The standard InChI is InChI=1S/C11H18N2O2S/c1-13(2)11(9-12-16(3,14)15)10-7-5-4-6-8-10/h4-8,11-12H,9H2,1-3H3/p+1/t11-/m0/s1. The van der Waals surface area contributed by atoms with Crippen molar-refractivity contribution in [3.8, 4) is 0 Å². The van der Waals surface area contributed by atoms with E-state index < -0.39 is 10.0 Å². The molecule has 0 aliphatic carbocycles. The third-order valence-electron chi connectivity index (χ3n) is 2.45. The zero-order chi connectivity index (χ0) is 12.2. The second-order valence-corrected chi connectivity index (χ2v) is 5.99. The highest BCUT2D eigenvalue weighted by Crippen LogP contribution is 2.07. The van der Waals surface area contributed by atoms with Crippen LogP contribution in [0.2, 0.25) is 0 Å². The smallest absolute Gasteiger partial charge is 0.208 e. The Balaban J connectivity index is 2.77. The van der Waals surface area contributed by atoms with Gasteiger partial charge in [0.2, 0.25) is 10.0 Å². The Kier molecular flexibility index (Phi) is 4.46. The Morgan fingerprint density at radius 3 is 2.25 bits per heavy atom. The van der Waals surface area contributed by atoms with Crippen LogP contribution < -0.4 is 9.62 Å². The van der Waals surface area contributed by atoms with Gasteiger partial charge < -0.3 is 4.90 Å². The van der Waals surface area contributed by atoms with E-state index in [0.29, 0.717) is 6.54 Å². The summed E-state index contributed by atoms with van der Waals surface area (Å²) in [5.74, 6) is 0. The first-order valence-electron chi connectivity index (χ1n) is 5.20. The number of quaternary nitrogens is 1. The molecule has 90 valence electrons.